The first-order valence-corrected chi connectivity index (χ1v) is 9.51. The van der Waals surface area contributed by atoms with Gasteiger partial charge in [-0.2, -0.15) is 0 Å². The van der Waals surface area contributed by atoms with Gasteiger partial charge >= 0.3 is 0 Å². The van der Waals surface area contributed by atoms with Crippen molar-refractivity contribution >= 4 is 11.6 Å². The predicted molar refractivity (Wildman–Crippen MR) is 108 cm³/mol. The Hall–Kier alpha value is -1.17. The Morgan fingerprint density at radius 1 is 1.00 bits per heavy atom. The molecule has 2 aromatic rings. The maximum atomic E-state index is 6.09. The van der Waals surface area contributed by atoms with Crippen LogP contribution < -0.4 is 39.6 Å². The molecule has 4 nitrogen and oxygen atoms in total. The second-order valence-corrected chi connectivity index (χ2v) is 6.50. The largest absolute Gasteiger partial charge is 1.00 e. The van der Waals surface area contributed by atoms with Gasteiger partial charge in [-0.15, -0.1) is 0 Å². The summed E-state index contributed by atoms with van der Waals surface area (Å²) in [5.74, 6) is 1.54. The summed E-state index contributed by atoms with van der Waals surface area (Å²) >= 11 is 5.94. The molecular formula is C21H29Cl3N2O2-2. The molecule has 0 saturated carbocycles. The van der Waals surface area contributed by atoms with E-state index in [4.69, 9.17) is 21.1 Å². The van der Waals surface area contributed by atoms with Gasteiger partial charge in [-0.25, -0.2) is 0 Å². The Balaban J connectivity index is 0.00000364. The fraction of sp³-hybridized carbons (Fsp3) is 0.429. The minimum atomic E-state index is 0. The molecule has 0 aromatic heterocycles. The summed E-state index contributed by atoms with van der Waals surface area (Å²) in [6, 6.07) is 13.7. The van der Waals surface area contributed by atoms with Gasteiger partial charge in [-0.05, 0) is 36.9 Å². The van der Waals surface area contributed by atoms with Crippen LogP contribution in [0.2, 0.25) is 5.02 Å². The Labute approximate surface area is 186 Å². The molecule has 0 aliphatic rings. The molecule has 0 unspecified atom stereocenters. The number of nitrogens with zero attached hydrogens (tertiary/aromatic N) is 1. The average molecular weight is 448 g/mol. The van der Waals surface area contributed by atoms with Crippen molar-refractivity contribution in [1.82, 2.24) is 10.2 Å². The van der Waals surface area contributed by atoms with Crippen molar-refractivity contribution in [3.05, 3.63) is 58.6 Å². The van der Waals surface area contributed by atoms with Gasteiger partial charge in [0.05, 0.1) is 7.11 Å². The number of para-hydroxylation sites is 1. The van der Waals surface area contributed by atoms with E-state index in [9.17, 15) is 0 Å². The van der Waals surface area contributed by atoms with Gasteiger partial charge in [0.25, 0.3) is 0 Å². The van der Waals surface area contributed by atoms with E-state index in [1.165, 1.54) is 0 Å². The first-order valence-electron chi connectivity index (χ1n) is 9.14. The summed E-state index contributed by atoms with van der Waals surface area (Å²) < 4.78 is 11.6. The first kappa shape index (κ1) is 26.8. The number of halogens is 3. The van der Waals surface area contributed by atoms with Crippen molar-refractivity contribution in [2.45, 2.75) is 27.0 Å². The van der Waals surface area contributed by atoms with E-state index < -0.39 is 0 Å². The molecule has 0 atom stereocenters. The van der Waals surface area contributed by atoms with Crippen LogP contribution in [0.25, 0.3) is 0 Å². The van der Waals surface area contributed by atoms with E-state index in [1.807, 2.05) is 36.4 Å². The molecule has 1 N–H and O–H groups in total. The third-order valence-corrected chi connectivity index (χ3v) is 4.64. The zero-order valence-electron chi connectivity index (χ0n) is 16.7. The lowest BCUT2D eigenvalue weighted by Crippen LogP contribution is -3.00. The Morgan fingerprint density at radius 3 is 2.29 bits per heavy atom. The van der Waals surface area contributed by atoms with Gasteiger partial charge in [0, 0.05) is 30.2 Å². The zero-order chi connectivity index (χ0) is 18.8. The van der Waals surface area contributed by atoms with E-state index in [2.05, 4.69) is 30.1 Å². The standard InChI is InChI=1S/C21H29ClN2O2.2ClH/c1-4-24(5-2)14-13-23-15-18-7-6-8-20(25-3)21(18)26-16-17-9-11-19(22)12-10-17;;/h6-12,23H,4-5,13-16H2,1-3H3;2*1H/p-2. The summed E-state index contributed by atoms with van der Waals surface area (Å²) in [6.45, 7) is 9.73. The quantitative estimate of drug-likeness (QED) is 0.419. The Bertz CT molecular complexity index is 665. The summed E-state index contributed by atoms with van der Waals surface area (Å²) in [6.07, 6.45) is 0. The van der Waals surface area contributed by atoms with Crippen LogP contribution in [0.15, 0.2) is 42.5 Å². The smallest absolute Gasteiger partial charge is 0.166 e. The summed E-state index contributed by atoms with van der Waals surface area (Å²) in [4.78, 5) is 2.40. The van der Waals surface area contributed by atoms with E-state index >= 15 is 0 Å². The molecule has 2 aromatic carbocycles. The van der Waals surface area contributed by atoms with E-state index in [0.717, 1.165) is 60.4 Å². The maximum absolute atomic E-state index is 6.09. The molecule has 0 bridgehead atoms. The minimum absolute atomic E-state index is 0. The summed E-state index contributed by atoms with van der Waals surface area (Å²) in [7, 11) is 1.67. The number of methoxy groups -OCH3 is 1. The SMILES string of the molecule is CCN(CC)CCNCc1cccc(OC)c1OCc1ccc(Cl)cc1.[Cl-].[Cl-]. The number of ether oxygens (including phenoxy) is 2. The third-order valence-electron chi connectivity index (χ3n) is 4.39. The number of benzene rings is 2. The lowest BCUT2D eigenvalue weighted by Gasteiger charge is -2.19. The van der Waals surface area contributed by atoms with Gasteiger partial charge in [-0.3, -0.25) is 0 Å². The van der Waals surface area contributed by atoms with Gasteiger partial charge < -0.3 is 44.5 Å². The monoisotopic (exact) mass is 446 g/mol. The van der Waals surface area contributed by atoms with Gasteiger partial charge in [0.2, 0.25) is 0 Å². The molecular weight excluding hydrogens is 419 g/mol. The van der Waals surface area contributed by atoms with E-state index in [-0.39, 0.29) is 24.8 Å². The molecule has 0 heterocycles. The number of rotatable bonds is 11. The van der Waals surface area contributed by atoms with Gasteiger partial charge in [0.1, 0.15) is 6.61 Å². The highest BCUT2D eigenvalue weighted by atomic mass is 35.5. The van der Waals surface area contributed by atoms with Crippen molar-refractivity contribution in [3.8, 4) is 11.5 Å². The highest BCUT2D eigenvalue weighted by Gasteiger charge is 2.11. The van der Waals surface area contributed by atoms with E-state index in [0.29, 0.717) is 6.61 Å². The lowest BCUT2D eigenvalue weighted by atomic mass is 10.1. The fourth-order valence-corrected chi connectivity index (χ4v) is 2.89. The van der Waals surface area contributed by atoms with Crippen LogP contribution in [0.3, 0.4) is 0 Å². The van der Waals surface area contributed by atoms with Crippen molar-refractivity contribution in [3.63, 3.8) is 0 Å². The van der Waals surface area contributed by atoms with Crippen LogP contribution in [0.4, 0.5) is 0 Å². The van der Waals surface area contributed by atoms with Gasteiger partial charge in [0.15, 0.2) is 11.5 Å². The number of nitrogens with one attached hydrogen (secondary N) is 1. The van der Waals surface area contributed by atoms with Crippen molar-refractivity contribution in [2.24, 2.45) is 0 Å². The third kappa shape index (κ3) is 8.46. The Kier molecular flexibility index (Phi) is 14.2. The van der Waals surface area contributed by atoms with Crippen LogP contribution >= 0.6 is 11.6 Å². The predicted octanol–water partition coefficient (Wildman–Crippen LogP) is -1.63. The highest BCUT2D eigenvalue weighted by Crippen LogP contribution is 2.31. The molecule has 158 valence electrons. The van der Waals surface area contributed by atoms with Crippen molar-refractivity contribution in [2.75, 3.05) is 33.3 Å². The van der Waals surface area contributed by atoms with Crippen LogP contribution in [-0.4, -0.2) is 38.2 Å². The molecule has 0 amide bonds. The Morgan fingerprint density at radius 2 is 1.68 bits per heavy atom. The molecule has 0 aliphatic carbocycles. The fourth-order valence-electron chi connectivity index (χ4n) is 2.76. The molecule has 0 aliphatic heterocycles. The summed E-state index contributed by atoms with van der Waals surface area (Å²) in [5, 5.41) is 4.23. The van der Waals surface area contributed by atoms with Crippen LogP contribution in [0.1, 0.15) is 25.0 Å². The topological polar surface area (TPSA) is 33.7 Å². The average Bonchev–Trinajstić information content (AvgIpc) is 2.68. The van der Waals surface area contributed by atoms with Crippen LogP contribution in [0.5, 0.6) is 11.5 Å². The molecule has 0 radical (unpaired) electrons. The maximum Gasteiger partial charge on any atom is 0.166 e. The molecule has 0 spiro atoms. The second kappa shape index (κ2) is 14.8. The molecule has 28 heavy (non-hydrogen) atoms. The lowest BCUT2D eigenvalue weighted by molar-refractivity contribution is -0.001000. The number of hydrogen-bond acceptors (Lipinski definition) is 4. The van der Waals surface area contributed by atoms with Crippen LogP contribution in [0, 0.1) is 0 Å². The normalized spacial score (nSPS) is 10.2. The number of hydrogen-bond donors (Lipinski definition) is 1. The molecule has 7 heteroatoms. The molecule has 2 rings (SSSR count). The van der Waals surface area contributed by atoms with E-state index in [1.54, 1.807) is 7.11 Å². The molecule has 0 saturated heterocycles. The number of likely N-dealkylation sites (N-methyl/N-ethyl adjacent to an activating group) is 1. The second-order valence-electron chi connectivity index (χ2n) is 6.07. The first-order chi connectivity index (χ1) is 12.7. The van der Waals surface area contributed by atoms with Crippen LogP contribution in [-0.2, 0) is 13.2 Å². The molecule has 0 fully saturated rings. The minimum Gasteiger partial charge on any atom is -1.00 e. The summed E-state index contributed by atoms with van der Waals surface area (Å²) in [5.41, 5.74) is 2.17. The highest BCUT2D eigenvalue weighted by molar-refractivity contribution is 6.30. The van der Waals surface area contributed by atoms with Crippen molar-refractivity contribution < 1.29 is 34.3 Å². The zero-order valence-corrected chi connectivity index (χ0v) is 18.9. The van der Waals surface area contributed by atoms with Crippen molar-refractivity contribution in [1.29, 1.82) is 0 Å². The van der Waals surface area contributed by atoms with Gasteiger partial charge in [-0.1, -0.05) is 49.7 Å².